The van der Waals surface area contributed by atoms with Crippen molar-refractivity contribution in [2.75, 3.05) is 31.2 Å². The zero-order chi connectivity index (χ0) is 24.6. The predicted octanol–water partition coefficient (Wildman–Crippen LogP) is 1.03. The van der Waals surface area contributed by atoms with Crippen LogP contribution in [0.2, 0.25) is 0 Å². The van der Waals surface area contributed by atoms with Gasteiger partial charge in [-0.05, 0) is 35.7 Å². The molecule has 2 aromatic rings. The SMILES string of the molecule is NC(N)=NCC=CCSC[C@@H]1CCCN1C(=O)[C@@H](CO)NS(=O)(=O)c1ccc2ccccc2c1. The van der Waals surface area contributed by atoms with Crippen molar-refractivity contribution in [2.45, 2.75) is 29.8 Å². The highest BCUT2D eigenvalue weighted by atomic mass is 32.2. The number of aliphatic hydroxyl groups is 1. The van der Waals surface area contributed by atoms with Gasteiger partial charge in [-0.15, -0.1) is 0 Å². The predicted molar refractivity (Wildman–Crippen MR) is 137 cm³/mol. The second-order valence-electron chi connectivity index (χ2n) is 7.97. The van der Waals surface area contributed by atoms with Crippen molar-refractivity contribution in [1.29, 1.82) is 0 Å². The van der Waals surface area contributed by atoms with Crippen LogP contribution in [0.25, 0.3) is 10.8 Å². The molecule has 9 nitrogen and oxygen atoms in total. The summed E-state index contributed by atoms with van der Waals surface area (Å²) < 4.78 is 28.3. The summed E-state index contributed by atoms with van der Waals surface area (Å²) in [6.45, 7) is 0.348. The molecular weight excluding hydrogens is 474 g/mol. The van der Waals surface area contributed by atoms with Gasteiger partial charge in [-0.2, -0.15) is 16.5 Å². The number of benzene rings is 2. The molecule has 1 amide bonds. The summed E-state index contributed by atoms with van der Waals surface area (Å²) in [7, 11) is -3.99. The summed E-state index contributed by atoms with van der Waals surface area (Å²) in [6, 6.07) is 11.0. The van der Waals surface area contributed by atoms with Gasteiger partial charge >= 0.3 is 0 Å². The highest BCUT2D eigenvalue weighted by molar-refractivity contribution is 7.99. The van der Waals surface area contributed by atoms with E-state index in [0.717, 1.165) is 29.4 Å². The molecule has 1 aliphatic rings. The van der Waals surface area contributed by atoms with Gasteiger partial charge in [0.15, 0.2) is 5.96 Å². The van der Waals surface area contributed by atoms with Crippen LogP contribution in [-0.4, -0.2) is 73.6 Å². The van der Waals surface area contributed by atoms with Gasteiger partial charge in [0.05, 0.1) is 18.0 Å². The van der Waals surface area contributed by atoms with Gasteiger partial charge in [0.1, 0.15) is 6.04 Å². The third kappa shape index (κ3) is 6.95. The number of thioether (sulfide) groups is 1. The number of nitrogens with one attached hydrogen (secondary N) is 1. The number of aliphatic hydroxyl groups excluding tert-OH is 1. The lowest BCUT2D eigenvalue weighted by atomic mass is 10.1. The minimum Gasteiger partial charge on any atom is -0.394 e. The Morgan fingerprint density at radius 3 is 2.74 bits per heavy atom. The van der Waals surface area contributed by atoms with E-state index in [2.05, 4.69) is 9.71 Å². The van der Waals surface area contributed by atoms with Crippen LogP contribution in [0.15, 0.2) is 64.5 Å². The molecule has 3 rings (SSSR count). The van der Waals surface area contributed by atoms with Gasteiger partial charge in [0, 0.05) is 24.1 Å². The number of hydrogen-bond donors (Lipinski definition) is 4. The standard InChI is InChI=1S/C23H31N5O4S2/c24-23(25)26-11-3-4-13-33-16-19-8-5-12-28(19)22(30)21(15-29)27-34(31,32)20-10-9-17-6-1-2-7-18(17)14-20/h1-4,6-7,9-10,14,19,21,27,29H,5,8,11-13,15-16H2,(H4,24,25,26)/t19-,21+/m0/s1. The Kier molecular flexibility index (Phi) is 9.34. The molecule has 0 spiro atoms. The lowest BCUT2D eigenvalue weighted by molar-refractivity contribution is -0.134. The summed E-state index contributed by atoms with van der Waals surface area (Å²) >= 11 is 1.67. The van der Waals surface area contributed by atoms with E-state index in [1.54, 1.807) is 28.8 Å². The number of carbonyl (C=O) groups excluding carboxylic acids is 1. The molecule has 2 aromatic carbocycles. The highest BCUT2D eigenvalue weighted by Crippen LogP contribution is 2.23. The number of amides is 1. The lowest BCUT2D eigenvalue weighted by Gasteiger charge is -2.28. The smallest absolute Gasteiger partial charge is 0.243 e. The largest absolute Gasteiger partial charge is 0.394 e. The minimum atomic E-state index is -3.99. The van der Waals surface area contributed by atoms with Gasteiger partial charge in [0.2, 0.25) is 15.9 Å². The molecule has 0 aromatic heterocycles. The second kappa shape index (κ2) is 12.2. The topological polar surface area (TPSA) is 151 Å². The Labute approximate surface area is 204 Å². The fraction of sp³-hybridized carbons (Fsp3) is 0.391. The fourth-order valence-electron chi connectivity index (χ4n) is 3.83. The van der Waals surface area contributed by atoms with E-state index in [1.807, 2.05) is 36.4 Å². The van der Waals surface area contributed by atoms with Crippen LogP contribution >= 0.6 is 11.8 Å². The molecule has 1 heterocycles. The van der Waals surface area contributed by atoms with Gasteiger partial charge in [-0.1, -0.05) is 42.5 Å². The average molecular weight is 506 g/mol. The number of rotatable bonds is 11. The van der Waals surface area contributed by atoms with E-state index in [4.69, 9.17) is 11.5 Å². The Bertz CT molecular complexity index is 1150. The molecule has 0 saturated carbocycles. The zero-order valence-electron chi connectivity index (χ0n) is 18.8. The van der Waals surface area contributed by atoms with Crippen molar-refractivity contribution in [3.05, 3.63) is 54.6 Å². The minimum absolute atomic E-state index is 0.0113. The van der Waals surface area contributed by atoms with Crippen molar-refractivity contribution in [1.82, 2.24) is 9.62 Å². The first kappa shape index (κ1) is 26.0. The molecule has 0 unspecified atom stereocenters. The number of nitrogens with zero attached hydrogens (tertiary/aromatic N) is 2. The molecule has 184 valence electrons. The fourth-order valence-corrected chi connectivity index (χ4v) is 6.07. The van der Waals surface area contributed by atoms with Crippen LogP contribution in [0.5, 0.6) is 0 Å². The van der Waals surface area contributed by atoms with Crippen molar-refractivity contribution in [3.63, 3.8) is 0 Å². The maximum atomic E-state index is 13.1. The van der Waals surface area contributed by atoms with E-state index < -0.39 is 28.6 Å². The van der Waals surface area contributed by atoms with Crippen molar-refractivity contribution in [3.8, 4) is 0 Å². The third-order valence-corrected chi connectivity index (χ3v) is 8.06. The van der Waals surface area contributed by atoms with Gasteiger partial charge in [-0.3, -0.25) is 4.79 Å². The van der Waals surface area contributed by atoms with Crippen molar-refractivity contribution < 1.29 is 18.3 Å². The summed E-state index contributed by atoms with van der Waals surface area (Å²) in [4.78, 5) is 18.7. The maximum Gasteiger partial charge on any atom is 0.243 e. The number of hydrogen-bond acceptors (Lipinski definition) is 6. The molecule has 1 aliphatic heterocycles. The van der Waals surface area contributed by atoms with Crippen LogP contribution in [0.1, 0.15) is 12.8 Å². The number of fused-ring (bicyclic) bond motifs is 1. The molecule has 1 fully saturated rings. The normalized spacial score (nSPS) is 17.3. The zero-order valence-corrected chi connectivity index (χ0v) is 20.5. The van der Waals surface area contributed by atoms with E-state index in [1.165, 1.54) is 6.07 Å². The van der Waals surface area contributed by atoms with Crippen LogP contribution < -0.4 is 16.2 Å². The van der Waals surface area contributed by atoms with E-state index in [9.17, 15) is 18.3 Å². The monoisotopic (exact) mass is 505 g/mol. The van der Waals surface area contributed by atoms with Crippen molar-refractivity contribution in [2.24, 2.45) is 16.5 Å². The first-order valence-corrected chi connectivity index (χ1v) is 13.7. The Morgan fingerprint density at radius 2 is 2.00 bits per heavy atom. The molecule has 0 aliphatic carbocycles. The molecular formula is C23H31N5O4S2. The quantitative estimate of drug-likeness (QED) is 0.154. The van der Waals surface area contributed by atoms with E-state index >= 15 is 0 Å². The molecule has 34 heavy (non-hydrogen) atoms. The summed E-state index contributed by atoms with van der Waals surface area (Å²) in [5, 5.41) is 11.5. The molecule has 6 N–H and O–H groups in total. The molecule has 0 bridgehead atoms. The number of nitrogens with two attached hydrogens (primary N) is 2. The third-order valence-electron chi connectivity index (χ3n) is 5.54. The summed E-state index contributed by atoms with van der Waals surface area (Å²) in [6.07, 6.45) is 5.51. The van der Waals surface area contributed by atoms with Crippen LogP contribution in [0.3, 0.4) is 0 Å². The molecule has 2 atom stereocenters. The number of aliphatic imine (C=N–C) groups is 1. The van der Waals surface area contributed by atoms with E-state index in [0.29, 0.717) is 18.8 Å². The van der Waals surface area contributed by atoms with Crippen LogP contribution in [0, 0.1) is 0 Å². The molecule has 0 radical (unpaired) electrons. The highest BCUT2D eigenvalue weighted by Gasteiger charge is 2.35. The number of carbonyl (C=O) groups is 1. The maximum absolute atomic E-state index is 13.1. The van der Waals surface area contributed by atoms with Crippen LogP contribution in [-0.2, 0) is 14.8 Å². The molecule has 1 saturated heterocycles. The second-order valence-corrected chi connectivity index (χ2v) is 10.8. The Hall–Kier alpha value is -2.60. The lowest BCUT2D eigenvalue weighted by Crippen LogP contribution is -2.52. The van der Waals surface area contributed by atoms with Gasteiger partial charge in [-0.25, -0.2) is 13.4 Å². The number of likely N-dealkylation sites (tertiary alicyclic amines) is 1. The van der Waals surface area contributed by atoms with E-state index in [-0.39, 0.29) is 16.9 Å². The van der Waals surface area contributed by atoms with Gasteiger partial charge in [0.25, 0.3) is 0 Å². The number of sulfonamides is 1. The number of guanidine groups is 1. The van der Waals surface area contributed by atoms with Gasteiger partial charge < -0.3 is 21.5 Å². The average Bonchev–Trinajstić information content (AvgIpc) is 3.29. The first-order valence-electron chi connectivity index (χ1n) is 11.0. The summed E-state index contributed by atoms with van der Waals surface area (Å²) in [5.41, 5.74) is 10.6. The summed E-state index contributed by atoms with van der Waals surface area (Å²) in [5.74, 6) is 1.11. The van der Waals surface area contributed by atoms with Crippen molar-refractivity contribution >= 4 is 44.4 Å². The first-order chi connectivity index (χ1) is 16.3. The van der Waals surface area contributed by atoms with Crippen LogP contribution in [0.4, 0.5) is 0 Å². The molecule has 11 heteroatoms. The Balaban J connectivity index is 1.60. The Morgan fingerprint density at radius 1 is 1.24 bits per heavy atom.